The highest BCUT2D eigenvalue weighted by atomic mass is 19.3. The van der Waals surface area contributed by atoms with Crippen molar-refractivity contribution < 1.29 is 18.3 Å². The average molecular weight is 261 g/mol. The number of carbonyl (C=O) groups excluding carboxylic acids is 1. The molecule has 5 heteroatoms. The SMILES string of the molecule is CCC1(CNCC2CC(F)(F)C(=O)O2)CCCC1. The molecule has 18 heavy (non-hydrogen) atoms. The Labute approximate surface area is 106 Å². The summed E-state index contributed by atoms with van der Waals surface area (Å²) < 4.78 is 30.6. The number of hydrogen-bond donors (Lipinski definition) is 1. The largest absolute Gasteiger partial charge is 0.456 e. The van der Waals surface area contributed by atoms with Gasteiger partial charge in [0.15, 0.2) is 0 Å². The second kappa shape index (κ2) is 5.11. The molecular weight excluding hydrogens is 240 g/mol. The van der Waals surface area contributed by atoms with E-state index in [0.717, 1.165) is 13.0 Å². The van der Waals surface area contributed by atoms with Crippen molar-refractivity contribution in [1.82, 2.24) is 5.32 Å². The molecule has 0 aromatic rings. The summed E-state index contributed by atoms with van der Waals surface area (Å²) in [4.78, 5) is 10.8. The van der Waals surface area contributed by atoms with Gasteiger partial charge in [0.2, 0.25) is 0 Å². The topological polar surface area (TPSA) is 38.3 Å². The molecule has 2 fully saturated rings. The molecule has 1 saturated heterocycles. The molecule has 1 aliphatic heterocycles. The number of rotatable bonds is 5. The Morgan fingerprint density at radius 1 is 1.39 bits per heavy atom. The Bertz CT molecular complexity index is 314. The van der Waals surface area contributed by atoms with E-state index in [-0.39, 0.29) is 0 Å². The fraction of sp³-hybridized carbons (Fsp3) is 0.923. The molecule has 0 aromatic heterocycles. The summed E-state index contributed by atoms with van der Waals surface area (Å²) in [6, 6.07) is 0. The van der Waals surface area contributed by atoms with Crippen LogP contribution in [0.25, 0.3) is 0 Å². The molecule has 2 rings (SSSR count). The molecule has 0 bridgehead atoms. The van der Waals surface area contributed by atoms with Crippen molar-refractivity contribution in [3.05, 3.63) is 0 Å². The van der Waals surface area contributed by atoms with Crippen LogP contribution < -0.4 is 5.32 Å². The highest BCUT2D eigenvalue weighted by Gasteiger charge is 2.50. The normalized spacial score (nSPS) is 29.5. The van der Waals surface area contributed by atoms with Gasteiger partial charge in [-0.05, 0) is 24.7 Å². The van der Waals surface area contributed by atoms with Crippen LogP contribution in [0, 0.1) is 5.41 Å². The number of nitrogens with one attached hydrogen (secondary N) is 1. The molecule has 0 spiro atoms. The van der Waals surface area contributed by atoms with Crippen molar-refractivity contribution >= 4 is 5.97 Å². The lowest BCUT2D eigenvalue weighted by atomic mass is 9.83. The quantitative estimate of drug-likeness (QED) is 0.773. The van der Waals surface area contributed by atoms with E-state index in [4.69, 9.17) is 0 Å². The number of ether oxygens (including phenoxy) is 1. The summed E-state index contributed by atoms with van der Waals surface area (Å²) >= 11 is 0. The summed E-state index contributed by atoms with van der Waals surface area (Å²) in [6.45, 7) is 3.35. The first-order valence-electron chi connectivity index (χ1n) is 6.77. The Balaban J connectivity index is 1.75. The predicted octanol–water partition coefficient (Wildman–Crippen LogP) is 2.50. The summed E-state index contributed by atoms with van der Waals surface area (Å²) in [5.74, 6) is -4.66. The van der Waals surface area contributed by atoms with Crippen molar-refractivity contribution in [2.45, 2.75) is 57.5 Å². The van der Waals surface area contributed by atoms with Gasteiger partial charge in [0.1, 0.15) is 6.10 Å². The summed E-state index contributed by atoms with van der Waals surface area (Å²) in [5, 5.41) is 3.21. The van der Waals surface area contributed by atoms with Gasteiger partial charge in [-0.3, -0.25) is 0 Å². The van der Waals surface area contributed by atoms with Crippen LogP contribution in [0.1, 0.15) is 45.4 Å². The number of cyclic esters (lactones) is 1. The zero-order valence-electron chi connectivity index (χ0n) is 10.8. The van der Waals surface area contributed by atoms with Crippen molar-refractivity contribution in [1.29, 1.82) is 0 Å². The van der Waals surface area contributed by atoms with E-state index in [1.54, 1.807) is 0 Å². The Morgan fingerprint density at radius 3 is 2.56 bits per heavy atom. The molecule has 2 aliphatic rings. The molecule has 1 aliphatic carbocycles. The van der Waals surface area contributed by atoms with Crippen molar-refractivity contribution in [2.75, 3.05) is 13.1 Å². The smallest absolute Gasteiger partial charge is 0.377 e. The Hall–Kier alpha value is -0.710. The van der Waals surface area contributed by atoms with Crippen LogP contribution >= 0.6 is 0 Å². The third-order valence-corrected chi connectivity index (χ3v) is 4.34. The van der Waals surface area contributed by atoms with Gasteiger partial charge in [-0.1, -0.05) is 19.8 Å². The molecule has 0 radical (unpaired) electrons. The van der Waals surface area contributed by atoms with Gasteiger partial charge in [0.25, 0.3) is 0 Å². The maximum Gasteiger partial charge on any atom is 0.377 e. The molecule has 1 heterocycles. The van der Waals surface area contributed by atoms with Crippen LogP contribution in [-0.4, -0.2) is 31.1 Å². The lowest BCUT2D eigenvalue weighted by Crippen LogP contribution is -2.36. The third kappa shape index (κ3) is 2.82. The standard InChI is InChI=1S/C13H21F2NO2/c1-2-12(5-3-4-6-12)9-16-8-10-7-13(14,15)11(17)18-10/h10,16H,2-9H2,1H3. The first kappa shape index (κ1) is 13.7. The summed E-state index contributed by atoms with van der Waals surface area (Å²) in [6.07, 6.45) is 4.87. The highest BCUT2D eigenvalue weighted by Crippen LogP contribution is 2.40. The van der Waals surface area contributed by atoms with Gasteiger partial charge in [-0.15, -0.1) is 0 Å². The molecule has 0 amide bonds. The zero-order valence-corrected chi connectivity index (χ0v) is 10.8. The minimum atomic E-state index is -3.29. The van der Waals surface area contributed by atoms with Crippen molar-refractivity contribution in [3.8, 4) is 0 Å². The first-order valence-corrected chi connectivity index (χ1v) is 6.77. The van der Waals surface area contributed by atoms with Crippen LogP contribution in [0.4, 0.5) is 8.78 Å². The van der Waals surface area contributed by atoms with E-state index in [0.29, 0.717) is 12.0 Å². The van der Waals surface area contributed by atoms with E-state index in [9.17, 15) is 13.6 Å². The van der Waals surface area contributed by atoms with Gasteiger partial charge < -0.3 is 10.1 Å². The van der Waals surface area contributed by atoms with E-state index in [1.807, 2.05) is 0 Å². The number of halogens is 2. The van der Waals surface area contributed by atoms with Gasteiger partial charge in [0.05, 0.1) is 6.42 Å². The second-order valence-electron chi connectivity index (χ2n) is 5.63. The minimum Gasteiger partial charge on any atom is -0.456 e. The van der Waals surface area contributed by atoms with Gasteiger partial charge in [-0.25, -0.2) is 4.79 Å². The molecule has 1 unspecified atom stereocenters. The summed E-state index contributed by atoms with van der Waals surface area (Å²) in [5.41, 5.74) is 0.325. The lowest BCUT2D eigenvalue weighted by Gasteiger charge is -2.28. The van der Waals surface area contributed by atoms with Crippen LogP contribution in [0.2, 0.25) is 0 Å². The fourth-order valence-electron chi connectivity index (χ4n) is 3.04. The van der Waals surface area contributed by atoms with Crippen LogP contribution in [-0.2, 0) is 9.53 Å². The minimum absolute atomic E-state index is 0.325. The van der Waals surface area contributed by atoms with Crippen LogP contribution in [0.3, 0.4) is 0 Å². The van der Waals surface area contributed by atoms with Crippen molar-refractivity contribution in [3.63, 3.8) is 0 Å². The lowest BCUT2D eigenvalue weighted by molar-refractivity contribution is -0.159. The number of carbonyl (C=O) groups is 1. The highest BCUT2D eigenvalue weighted by molar-refractivity contribution is 5.79. The maximum atomic E-state index is 13.0. The third-order valence-electron chi connectivity index (χ3n) is 4.34. The van der Waals surface area contributed by atoms with Crippen LogP contribution in [0.5, 0.6) is 0 Å². The first-order chi connectivity index (χ1) is 8.47. The molecule has 0 aromatic carbocycles. The van der Waals surface area contributed by atoms with Gasteiger partial charge in [-0.2, -0.15) is 8.78 Å². The van der Waals surface area contributed by atoms with Crippen LogP contribution in [0.15, 0.2) is 0 Å². The van der Waals surface area contributed by atoms with E-state index in [1.165, 1.54) is 25.7 Å². The Morgan fingerprint density at radius 2 is 2.06 bits per heavy atom. The van der Waals surface area contributed by atoms with E-state index in [2.05, 4.69) is 17.0 Å². The molecular formula is C13H21F2NO2. The fourth-order valence-corrected chi connectivity index (χ4v) is 3.04. The van der Waals surface area contributed by atoms with Gasteiger partial charge in [0, 0.05) is 13.1 Å². The number of esters is 1. The number of alkyl halides is 2. The van der Waals surface area contributed by atoms with E-state index < -0.39 is 24.4 Å². The summed E-state index contributed by atoms with van der Waals surface area (Å²) in [7, 11) is 0. The second-order valence-corrected chi connectivity index (χ2v) is 5.63. The maximum absolute atomic E-state index is 13.0. The molecule has 104 valence electrons. The molecule has 1 N–H and O–H groups in total. The molecule has 3 nitrogen and oxygen atoms in total. The zero-order chi connectivity index (χ0) is 13.2. The monoisotopic (exact) mass is 261 g/mol. The van der Waals surface area contributed by atoms with E-state index >= 15 is 0 Å². The molecule has 1 atom stereocenters. The predicted molar refractivity (Wildman–Crippen MR) is 63.5 cm³/mol. The average Bonchev–Trinajstić information content (AvgIpc) is 2.86. The van der Waals surface area contributed by atoms with Crippen molar-refractivity contribution in [2.24, 2.45) is 5.41 Å². The number of hydrogen-bond acceptors (Lipinski definition) is 3. The molecule has 1 saturated carbocycles. The Kier molecular flexibility index (Phi) is 3.90. The van der Waals surface area contributed by atoms with Gasteiger partial charge >= 0.3 is 11.9 Å².